The maximum atomic E-state index is 5.83. The van der Waals surface area contributed by atoms with Crippen LogP contribution in [0.3, 0.4) is 0 Å². The Labute approximate surface area is 120 Å². The molecule has 0 spiro atoms. The number of aromatic nitrogens is 2. The predicted molar refractivity (Wildman–Crippen MR) is 77.8 cm³/mol. The van der Waals surface area contributed by atoms with Crippen LogP contribution in [0.1, 0.15) is 39.5 Å². The van der Waals surface area contributed by atoms with Gasteiger partial charge in [-0.1, -0.05) is 12.8 Å². The average molecular weight is 279 g/mol. The van der Waals surface area contributed by atoms with E-state index in [1.165, 1.54) is 25.7 Å². The van der Waals surface area contributed by atoms with Crippen molar-refractivity contribution >= 4 is 0 Å². The normalized spacial score (nSPS) is 22.8. The Morgan fingerprint density at radius 3 is 2.75 bits per heavy atom. The molecule has 1 aliphatic rings. The fourth-order valence-corrected chi connectivity index (χ4v) is 2.70. The third-order valence-corrected chi connectivity index (χ3v) is 3.76. The van der Waals surface area contributed by atoms with Crippen LogP contribution in [0.4, 0.5) is 0 Å². The van der Waals surface area contributed by atoms with Crippen molar-refractivity contribution in [2.24, 2.45) is 17.6 Å². The van der Waals surface area contributed by atoms with Crippen LogP contribution in [-0.4, -0.2) is 29.2 Å². The number of ether oxygens (including phenoxy) is 2. The molecule has 2 unspecified atom stereocenters. The van der Waals surface area contributed by atoms with Crippen LogP contribution in [0, 0.1) is 11.8 Å². The monoisotopic (exact) mass is 279 g/mol. The first kappa shape index (κ1) is 15.0. The molecule has 1 heterocycles. The number of hydrogen-bond donors (Lipinski definition) is 1. The molecule has 0 aromatic carbocycles. The van der Waals surface area contributed by atoms with E-state index < -0.39 is 0 Å². The van der Waals surface area contributed by atoms with Gasteiger partial charge in [0.2, 0.25) is 5.88 Å². The van der Waals surface area contributed by atoms with E-state index in [-0.39, 0.29) is 6.10 Å². The molecule has 0 bridgehead atoms. The molecule has 5 nitrogen and oxygen atoms in total. The minimum Gasteiger partial charge on any atom is -0.475 e. The lowest BCUT2D eigenvalue weighted by Crippen LogP contribution is -2.31. The summed E-state index contributed by atoms with van der Waals surface area (Å²) in [6.07, 6.45) is 6.71. The van der Waals surface area contributed by atoms with Gasteiger partial charge in [-0.05, 0) is 45.1 Å². The molecular formula is C15H25N3O2. The summed E-state index contributed by atoms with van der Waals surface area (Å²) in [7, 11) is 0. The van der Waals surface area contributed by atoms with Gasteiger partial charge in [0.1, 0.15) is 0 Å². The predicted octanol–water partition coefficient (Wildman–Crippen LogP) is 2.41. The summed E-state index contributed by atoms with van der Waals surface area (Å²) < 4.78 is 11.3. The smallest absolute Gasteiger partial charge is 0.319 e. The van der Waals surface area contributed by atoms with E-state index >= 15 is 0 Å². The van der Waals surface area contributed by atoms with Crippen LogP contribution >= 0.6 is 0 Å². The van der Waals surface area contributed by atoms with E-state index in [2.05, 4.69) is 9.97 Å². The standard InChI is InChI=1S/C15H25N3O2/c1-11(2)20-14-7-8-17-15(18-14)19-10-13-6-4-3-5-12(13)9-16/h7-8,11-13H,3-6,9-10,16H2,1-2H3. The molecule has 2 rings (SSSR count). The molecule has 1 aliphatic carbocycles. The van der Waals surface area contributed by atoms with Crippen molar-refractivity contribution in [3.63, 3.8) is 0 Å². The molecule has 0 amide bonds. The zero-order chi connectivity index (χ0) is 14.4. The van der Waals surface area contributed by atoms with Gasteiger partial charge in [-0.25, -0.2) is 4.98 Å². The van der Waals surface area contributed by atoms with Crippen LogP contribution in [0.25, 0.3) is 0 Å². The first-order valence-corrected chi connectivity index (χ1v) is 7.51. The number of hydrogen-bond acceptors (Lipinski definition) is 5. The van der Waals surface area contributed by atoms with Gasteiger partial charge in [-0.2, -0.15) is 4.98 Å². The number of nitrogens with zero attached hydrogens (tertiary/aromatic N) is 2. The van der Waals surface area contributed by atoms with E-state index in [1.54, 1.807) is 12.3 Å². The fourth-order valence-electron chi connectivity index (χ4n) is 2.70. The highest BCUT2D eigenvalue weighted by molar-refractivity contribution is 5.11. The highest BCUT2D eigenvalue weighted by atomic mass is 16.5. The Hall–Kier alpha value is -1.36. The zero-order valence-electron chi connectivity index (χ0n) is 12.4. The first-order chi connectivity index (χ1) is 9.69. The van der Waals surface area contributed by atoms with Crippen molar-refractivity contribution in [3.05, 3.63) is 12.3 Å². The third kappa shape index (κ3) is 4.34. The Bertz CT molecular complexity index is 412. The Morgan fingerprint density at radius 1 is 1.30 bits per heavy atom. The van der Waals surface area contributed by atoms with Crippen molar-refractivity contribution in [3.8, 4) is 11.9 Å². The Balaban J connectivity index is 1.89. The second kappa shape index (κ2) is 7.43. The molecule has 1 aromatic heterocycles. The van der Waals surface area contributed by atoms with E-state index in [4.69, 9.17) is 15.2 Å². The third-order valence-electron chi connectivity index (χ3n) is 3.76. The molecule has 2 atom stereocenters. The first-order valence-electron chi connectivity index (χ1n) is 7.51. The number of rotatable bonds is 6. The van der Waals surface area contributed by atoms with E-state index in [0.717, 1.165) is 6.54 Å². The molecule has 0 aliphatic heterocycles. The summed E-state index contributed by atoms with van der Waals surface area (Å²) in [5, 5.41) is 0. The second-order valence-electron chi connectivity index (χ2n) is 5.70. The highest BCUT2D eigenvalue weighted by Crippen LogP contribution is 2.29. The van der Waals surface area contributed by atoms with E-state index in [1.807, 2.05) is 13.8 Å². The van der Waals surface area contributed by atoms with Crippen molar-refractivity contribution in [1.82, 2.24) is 9.97 Å². The van der Waals surface area contributed by atoms with Gasteiger partial charge in [0, 0.05) is 12.3 Å². The summed E-state index contributed by atoms with van der Waals surface area (Å²) in [6, 6.07) is 2.14. The van der Waals surface area contributed by atoms with E-state index in [9.17, 15) is 0 Å². The quantitative estimate of drug-likeness (QED) is 0.866. The topological polar surface area (TPSA) is 70.3 Å². The van der Waals surface area contributed by atoms with Crippen LogP contribution < -0.4 is 15.2 Å². The highest BCUT2D eigenvalue weighted by Gasteiger charge is 2.24. The zero-order valence-corrected chi connectivity index (χ0v) is 12.4. The molecule has 1 saturated carbocycles. The van der Waals surface area contributed by atoms with Gasteiger partial charge in [-0.15, -0.1) is 0 Å². The van der Waals surface area contributed by atoms with Crippen molar-refractivity contribution < 1.29 is 9.47 Å². The minimum atomic E-state index is 0.0951. The van der Waals surface area contributed by atoms with Gasteiger partial charge in [0.15, 0.2) is 0 Å². The maximum absolute atomic E-state index is 5.83. The summed E-state index contributed by atoms with van der Waals surface area (Å²) in [4.78, 5) is 8.40. The summed E-state index contributed by atoms with van der Waals surface area (Å²) in [5.74, 6) is 1.65. The molecule has 1 fully saturated rings. The lowest BCUT2D eigenvalue weighted by atomic mass is 9.80. The molecule has 20 heavy (non-hydrogen) atoms. The molecule has 2 N–H and O–H groups in total. The molecular weight excluding hydrogens is 254 g/mol. The summed E-state index contributed by atoms with van der Waals surface area (Å²) in [6.45, 7) is 5.32. The van der Waals surface area contributed by atoms with Gasteiger partial charge < -0.3 is 15.2 Å². The van der Waals surface area contributed by atoms with Crippen molar-refractivity contribution in [1.29, 1.82) is 0 Å². The van der Waals surface area contributed by atoms with Gasteiger partial charge in [-0.3, -0.25) is 0 Å². The minimum absolute atomic E-state index is 0.0951. The fraction of sp³-hybridized carbons (Fsp3) is 0.733. The number of nitrogens with two attached hydrogens (primary N) is 1. The Kier molecular flexibility index (Phi) is 5.59. The van der Waals surface area contributed by atoms with Gasteiger partial charge >= 0.3 is 6.01 Å². The summed E-state index contributed by atoms with van der Waals surface area (Å²) in [5.41, 5.74) is 5.83. The van der Waals surface area contributed by atoms with Crippen LogP contribution in [0.5, 0.6) is 11.9 Å². The molecule has 5 heteroatoms. The average Bonchev–Trinajstić information content (AvgIpc) is 2.45. The van der Waals surface area contributed by atoms with Gasteiger partial charge in [0.25, 0.3) is 0 Å². The van der Waals surface area contributed by atoms with Crippen LogP contribution in [-0.2, 0) is 0 Å². The molecule has 1 aromatic rings. The maximum Gasteiger partial charge on any atom is 0.319 e. The van der Waals surface area contributed by atoms with Gasteiger partial charge in [0.05, 0.1) is 12.7 Å². The lowest BCUT2D eigenvalue weighted by molar-refractivity contribution is 0.143. The lowest BCUT2D eigenvalue weighted by Gasteiger charge is -2.30. The SMILES string of the molecule is CC(C)Oc1ccnc(OCC2CCCCC2CN)n1. The molecule has 112 valence electrons. The second-order valence-corrected chi connectivity index (χ2v) is 5.70. The van der Waals surface area contributed by atoms with Crippen LogP contribution in [0.2, 0.25) is 0 Å². The van der Waals surface area contributed by atoms with Crippen molar-refractivity contribution in [2.75, 3.05) is 13.2 Å². The van der Waals surface area contributed by atoms with Crippen LogP contribution in [0.15, 0.2) is 12.3 Å². The molecule has 0 radical (unpaired) electrons. The largest absolute Gasteiger partial charge is 0.475 e. The Morgan fingerprint density at radius 2 is 2.05 bits per heavy atom. The molecule has 0 saturated heterocycles. The van der Waals surface area contributed by atoms with E-state index in [0.29, 0.717) is 30.3 Å². The summed E-state index contributed by atoms with van der Waals surface area (Å²) >= 11 is 0. The van der Waals surface area contributed by atoms with Crippen molar-refractivity contribution in [2.45, 2.75) is 45.6 Å².